The Morgan fingerprint density at radius 2 is 1.81 bits per heavy atom. The minimum atomic E-state index is -3.75. The molecule has 1 saturated heterocycles. The Balaban J connectivity index is 1.45. The van der Waals surface area contributed by atoms with Crippen LogP contribution in [0.15, 0.2) is 59.6 Å². The maximum absolute atomic E-state index is 12.8. The summed E-state index contributed by atoms with van der Waals surface area (Å²) in [6, 6.07) is 12.2. The van der Waals surface area contributed by atoms with Gasteiger partial charge in [-0.25, -0.2) is 18.1 Å². The molecule has 1 aliphatic heterocycles. The van der Waals surface area contributed by atoms with Crippen LogP contribution >= 0.6 is 0 Å². The number of rotatable bonds is 10. The number of nitrogens with one attached hydrogen (secondary N) is 3. The van der Waals surface area contributed by atoms with Crippen molar-refractivity contribution in [3.63, 3.8) is 0 Å². The van der Waals surface area contributed by atoms with E-state index in [2.05, 4.69) is 25.3 Å². The molecule has 1 aliphatic rings. The van der Waals surface area contributed by atoms with Gasteiger partial charge in [-0.1, -0.05) is 6.07 Å². The molecule has 0 saturated carbocycles. The third-order valence-corrected chi connectivity index (χ3v) is 6.72. The number of hydrogen-bond donors (Lipinski definition) is 3. The number of likely N-dealkylation sites (tertiary alicyclic amines) is 1. The van der Waals surface area contributed by atoms with Gasteiger partial charge in [0.05, 0.1) is 7.64 Å². The molecular formula is C27H36N6O3S. The minimum Gasteiger partial charge on any atom is -0.492 e. The highest BCUT2D eigenvalue weighted by atomic mass is 32.2. The van der Waals surface area contributed by atoms with Gasteiger partial charge in [0.2, 0.25) is 16.0 Å². The molecule has 4 rings (SSSR count). The lowest BCUT2D eigenvalue weighted by molar-refractivity contribution is 0.238. The number of hydrogen-bond acceptors (Lipinski definition) is 8. The number of ether oxygens (including phenoxy) is 1. The highest BCUT2D eigenvalue weighted by Crippen LogP contribution is 2.24. The summed E-state index contributed by atoms with van der Waals surface area (Å²) < 4.78 is 98.0. The van der Waals surface area contributed by atoms with E-state index in [0.29, 0.717) is 22.8 Å². The molecule has 10 heteroatoms. The van der Waals surface area contributed by atoms with Crippen LogP contribution in [0.1, 0.15) is 50.0 Å². The Hall–Kier alpha value is -3.21. The van der Waals surface area contributed by atoms with Gasteiger partial charge in [0.1, 0.15) is 18.1 Å². The number of aromatic nitrogens is 2. The first-order valence-electron chi connectivity index (χ1n) is 15.6. The third-order valence-electron chi connectivity index (χ3n) is 4.97. The van der Waals surface area contributed by atoms with Crippen LogP contribution in [0.5, 0.6) is 5.75 Å². The molecule has 0 bridgehead atoms. The zero-order valence-electron chi connectivity index (χ0n) is 29.1. The van der Waals surface area contributed by atoms with E-state index in [4.69, 9.17) is 15.7 Å². The van der Waals surface area contributed by atoms with Crippen LogP contribution in [-0.2, 0) is 10.0 Å². The van der Waals surface area contributed by atoms with Crippen molar-refractivity contribution >= 4 is 33.2 Å². The molecule has 3 aromatic rings. The van der Waals surface area contributed by atoms with Gasteiger partial charge in [0, 0.05) is 43.4 Å². The third kappa shape index (κ3) is 7.88. The fraction of sp³-hybridized carbons (Fsp3) is 0.407. The van der Waals surface area contributed by atoms with E-state index in [9.17, 15) is 8.42 Å². The SMILES string of the molecule is [2H]C1([2H])CN(C([2H])([2H])C([2H])([2H])Oc2ccc(Nc3ncc(C)c(Nc4cccc(S(=O)(=O)NC(C)(C)C)c4)n3)cc2)CC1([2H])[2H]. The summed E-state index contributed by atoms with van der Waals surface area (Å²) in [4.78, 5) is 9.64. The molecule has 2 heterocycles. The van der Waals surface area contributed by atoms with Crippen LogP contribution in [0.3, 0.4) is 0 Å². The van der Waals surface area contributed by atoms with E-state index >= 15 is 0 Å². The van der Waals surface area contributed by atoms with E-state index < -0.39 is 54.5 Å². The quantitative estimate of drug-likeness (QED) is 0.341. The van der Waals surface area contributed by atoms with Crippen molar-refractivity contribution in [1.29, 1.82) is 0 Å². The van der Waals surface area contributed by atoms with Gasteiger partial charge in [0.15, 0.2) is 0 Å². The minimum absolute atomic E-state index is 0.0115. The second kappa shape index (κ2) is 11.5. The van der Waals surface area contributed by atoms with Crippen LogP contribution in [0.4, 0.5) is 23.1 Å². The van der Waals surface area contributed by atoms with Crippen LogP contribution in [-0.4, -0.2) is 55.0 Å². The number of benzene rings is 2. The van der Waals surface area contributed by atoms with Gasteiger partial charge in [-0.2, -0.15) is 4.98 Å². The van der Waals surface area contributed by atoms with Crippen molar-refractivity contribution in [3.8, 4) is 5.75 Å². The first-order chi connectivity index (χ1) is 20.5. The highest BCUT2D eigenvalue weighted by Gasteiger charge is 2.22. The first kappa shape index (κ1) is 18.1. The summed E-state index contributed by atoms with van der Waals surface area (Å²) >= 11 is 0. The van der Waals surface area contributed by atoms with Crippen LogP contribution in [0.2, 0.25) is 0 Å². The van der Waals surface area contributed by atoms with Gasteiger partial charge in [-0.15, -0.1) is 0 Å². The van der Waals surface area contributed by atoms with Gasteiger partial charge in [-0.3, -0.25) is 4.90 Å². The monoisotopic (exact) mass is 532 g/mol. The molecule has 0 radical (unpaired) electrons. The fourth-order valence-corrected chi connectivity index (χ4v) is 4.75. The molecular weight excluding hydrogens is 488 g/mol. The van der Waals surface area contributed by atoms with E-state index in [-0.39, 0.29) is 16.6 Å². The maximum Gasteiger partial charge on any atom is 0.241 e. The average molecular weight is 533 g/mol. The second-order valence-corrected chi connectivity index (χ2v) is 11.1. The van der Waals surface area contributed by atoms with Crippen molar-refractivity contribution in [2.24, 2.45) is 0 Å². The van der Waals surface area contributed by atoms with Crippen molar-refractivity contribution in [2.75, 3.05) is 36.8 Å². The lowest BCUT2D eigenvalue weighted by Gasteiger charge is -2.20. The Bertz CT molecular complexity index is 1630. The van der Waals surface area contributed by atoms with E-state index in [1.807, 2.05) is 0 Å². The maximum atomic E-state index is 12.8. The Kier molecular flexibility index (Phi) is 5.61. The topological polar surface area (TPSA) is 108 Å². The van der Waals surface area contributed by atoms with E-state index in [1.54, 1.807) is 58.2 Å². The fourth-order valence-electron chi connectivity index (χ4n) is 3.29. The Morgan fingerprint density at radius 1 is 1.08 bits per heavy atom. The van der Waals surface area contributed by atoms with Gasteiger partial charge < -0.3 is 15.4 Å². The van der Waals surface area contributed by atoms with E-state index in [1.165, 1.54) is 24.3 Å². The summed E-state index contributed by atoms with van der Waals surface area (Å²) in [6.07, 6.45) is -3.13. The summed E-state index contributed by atoms with van der Waals surface area (Å²) in [5.41, 5.74) is 1.04. The highest BCUT2D eigenvalue weighted by molar-refractivity contribution is 7.89. The number of nitrogens with zero attached hydrogens (tertiary/aromatic N) is 3. The molecule has 3 N–H and O–H groups in total. The molecule has 1 fully saturated rings. The summed E-state index contributed by atoms with van der Waals surface area (Å²) in [6.45, 7) is 0.000614. The van der Waals surface area contributed by atoms with Crippen LogP contribution < -0.4 is 20.1 Å². The molecule has 0 amide bonds. The summed E-state index contributed by atoms with van der Waals surface area (Å²) in [5, 5.41) is 6.14. The van der Waals surface area contributed by atoms with Gasteiger partial charge >= 0.3 is 0 Å². The van der Waals surface area contributed by atoms with Crippen molar-refractivity contribution in [2.45, 2.75) is 50.9 Å². The molecule has 198 valence electrons. The summed E-state index contributed by atoms with van der Waals surface area (Å²) in [5.74, 6) is 0.624. The standard InChI is InChI=1S/C27H36N6O3S/c1-20-19-28-26(30-21-10-12-23(13-11-21)36-17-16-33-14-5-6-15-33)31-25(20)29-22-8-7-9-24(18-22)37(34,35)32-27(2,3)4/h7-13,18-19,32H,5-6,14-17H2,1-4H3,(H2,28,29,30,31)/i5D2,6D2,16D2,17D2. The summed E-state index contributed by atoms with van der Waals surface area (Å²) in [7, 11) is -3.75. The lowest BCUT2D eigenvalue weighted by Crippen LogP contribution is -2.40. The van der Waals surface area contributed by atoms with Crippen molar-refractivity contribution in [1.82, 2.24) is 19.6 Å². The lowest BCUT2D eigenvalue weighted by atomic mass is 10.1. The Morgan fingerprint density at radius 3 is 2.51 bits per heavy atom. The molecule has 0 atom stereocenters. The number of anilines is 4. The largest absolute Gasteiger partial charge is 0.492 e. The van der Waals surface area contributed by atoms with Gasteiger partial charge in [-0.05, 0) is 96.0 Å². The predicted molar refractivity (Wildman–Crippen MR) is 147 cm³/mol. The molecule has 9 nitrogen and oxygen atoms in total. The molecule has 2 aromatic carbocycles. The molecule has 0 aliphatic carbocycles. The first-order valence-corrected chi connectivity index (χ1v) is 13.1. The van der Waals surface area contributed by atoms with E-state index in [0.717, 1.165) is 4.90 Å². The predicted octanol–water partition coefficient (Wildman–Crippen LogP) is 4.82. The molecule has 0 unspecified atom stereocenters. The zero-order chi connectivity index (χ0) is 33.6. The molecule has 1 aromatic heterocycles. The van der Waals surface area contributed by atoms with Crippen LogP contribution in [0.25, 0.3) is 0 Å². The zero-order valence-corrected chi connectivity index (χ0v) is 21.9. The van der Waals surface area contributed by atoms with Crippen molar-refractivity contribution in [3.05, 3.63) is 60.3 Å². The number of aryl methyl sites for hydroxylation is 1. The molecule has 37 heavy (non-hydrogen) atoms. The molecule has 0 spiro atoms. The second-order valence-electron chi connectivity index (χ2n) is 9.41. The van der Waals surface area contributed by atoms with Crippen LogP contribution in [0, 0.1) is 6.92 Å². The van der Waals surface area contributed by atoms with Gasteiger partial charge in [0.25, 0.3) is 0 Å². The number of sulfonamides is 1. The van der Waals surface area contributed by atoms with Crippen molar-refractivity contribution < 1.29 is 24.1 Å². The normalized spacial score (nSPS) is 21.2. The Labute approximate surface area is 231 Å². The average Bonchev–Trinajstić information content (AvgIpc) is 3.13. The smallest absolute Gasteiger partial charge is 0.241 e.